The Morgan fingerprint density at radius 2 is 1.74 bits per heavy atom. The fourth-order valence-corrected chi connectivity index (χ4v) is 2.76. The minimum absolute atomic E-state index is 0.439. The molecule has 0 heterocycles. The molecule has 124 valence electrons. The molecule has 0 bridgehead atoms. The van der Waals surface area contributed by atoms with E-state index in [9.17, 15) is 0 Å². The Labute approximate surface area is 145 Å². The van der Waals surface area contributed by atoms with Gasteiger partial charge in [-0.3, -0.25) is 0 Å². The molecule has 0 fully saturated rings. The van der Waals surface area contributed by atoms with Gasteiger partial charge in [-0.2, -0.15) is 0 Å². The molecule has 4 nitrogen and oxygen atoms in total. The highest BCUT2D eigenvalue weighted by atomic mass is 79.9. The van der Waals surface area contributed by atoms with Gasteiger partial charge in [0, 0.05) is 6.54 Å². The highest BCUT2D eigenvalue weighted by Crippen LogP contribution is 2.36. The van der Waals surface area contributed by atoms with Crippen molar-refractivity contribution in [1.82, 2.24) is 5.32 Å². The van der Waals surface area contributed by atoms with Gasteiger partial charge >= 0.3 is 0 Å². The fraction of sp³-hybridized carbons (Fsp3) is 0.333. The number of halogens is 1. The van der Waals surface area contributed by atoms with Gasteiger partial charge in [0.25, 0.3) is 0 Å². The van der Waals surface area contributed by atoms with Crippen molar-refractivity contribution in [2.75, 3.05) is 27.4 Å². The Bertz CT molecular complexity index is 629. The topological polar surface area (TPSA) is 39.7 Å². The van der Waals surface area contributed by atoms with E-state index >= 15 is 0 Å². The molecule has 0 aromatic heterocycles. The Morgan fingerprint density at radius 1 is 1.04 bits per heavy atom. The van der Waals surface area contributed by atoms with Crippen LogP contribution in [0.5, 0.6) is 17.2 Å². The second-order valence-electron chi connectivity index (χ2n) is 5.15. The van der Waals surface area contributed by atoms with Crippen LogP contribution >= 0.6 is 15.9 Å². The molecule has 0 atom stereocenters. The van der Waals surface area contributed by atoms with Crippen molar-refractivity contribution in [3.63, 3.8) is 0 Å². The first-order chi connectivity index (χ1) is 11.1. The van der Waals surface area contributed by atoms with Crippen LogP contribution < -0.4 is 19.5 Å². The van der Waals surface area contributed by atoms with Crippen molar-refractivity contribution < 1.29 is 14.2 Å². The summed E-state index contributed by atoms with van der Waals surface area (Å²) >= 11 is 3.54. The van der Waals surface area contributed by atoms with Crippen LogP contribution in [0.3, 0.4) is 0 Å². The standard InChI is InChI=1S/C18H22BrNO3/c1-13-4-6-15(7-5-13)22-8-9-23-18-16(19)10-14(12-20-2)11-17(18)21-3/h4-7,10-11,20H,8-9,12H2,1-3H3. The van der Waals surface area contributed by atoms with Gasteiger partial charge in [-0.05, 0) is 59.7 Å². The zero-order chi connectivity index (χ0) is 16.7. The van der Waals surface area contributed by atoms with Crippen molar-refractivity contribution in [2.45, 2.75) is 13.5 Å². The minimum atomic E-state index is 0.439. The molecule has 0 saturated carbocycles. The maximum Gasteiger partial charge on any atom is 0.175 e. The summed E-state index contributed by atoms with van der Waals surface area (Å²) in [6, 6.07) is 12.0. The Morgan fingerprint density at radius 3 is 2.39 bits per heavy atom. The van der Waals surface area contributed by atoms with E-state index in [0.29, 0.717) is 24.7 Å². The summed E-state index contributed by atoms with van der Waals surface area (Å²) in [6.07, 6.45) is 0. The van der Waals surface area contributed by atoms with Gasteiger partial charge in [0.1, 0.15) is 19.0 Å². The van der Waals surface area contributed by atoms with Gasteiger partial charge in [0.15, 0.2) is 11.5 Å². The van der Waals surface area contributed by atoms with Crippen LogP contribution in [-0.4, -0.2) is 27.4 Å². The summed E-state index contributed by atoms with van der Waals surface area (Å²) in [7, 11) is 3.55. The monoisotopic (exact) mass is 379 g/mol. The Kier molecular flexibility index (Phi) is 6.74. The van der Waals surface area contributed by atoms with Crippen molar-refractivity contribution in [1.29, 1.82) is 0 Å². The summed E-state index contributed by atoms with van der Waals surface area (Å²) < 4.78 is 17.8. The largest absolute Gasteiger partial charge is 0.493 e. The van der Waals surface area contributed by atoms with Crippen LogP contribution in [0.4, 0.5) is 0 Å². The molecule has 0 radical (unpaired) electrons. The van der Waals surface area contributed by atoms with E-state index in [0.717, 1.165) is 22.3 Å². The Balaban J connectivity index is 1.93. The van der Waals surface area contributed by atoms with Crippen LogP contribution in [0.1, 0.15) is 11.1 Å². The third-order valence-electron chi connectivity index (χ3n) is 3.29. The molecule has 23 heavy (non-hydrogen) atoms. The molecule has 0 spiro atoms. The van der Waals surface area contributed by atoms with E-state index in [2.05, 4.69) is 28.2 Å². The van der Waals surface area contributed by atoms with Crippen molar-refractivity contribution >= 4 is 15.9 Å². The van der Waals surface area contributed by atoms with Gasteiger partial charge in [0.05, 0.1) is 11.6 Å². The molecule has 0 amide bonds. The summed E-state index contributed by atoms with van der Waals surface area (Å²) in [5.74, 6) is 2.24. The molecule has 5 heteroatoms. The van der Waals surface area contributed by atoms with Crippen molar-refractivity contribution in [3.8, 4) is 17.2 Å². The number of methoxy groups -OCH3 is 1. The Hall–Kier alpha value is -1.72. The molecule has 0 saturated heterocycles. The highest BCUT2D eigenvalue weighted by Gasteiger charge is 2.11. The third-order valence-corrected chi connectivity index (χ3v) is 3.88. The minimum Gasteiger partial charge on any atom is -0.493 e. The van der Waals surface area contributed by atoms with Gasteiger partial charge < -0.3 is 19.5 Å². The van der Waals surface area contributed by atoms with E-state index < -0.39 is 0 Å². The number of rotatable bonds is 8. The maximum atomic E-state index is 5.82. The third kappa shape index (κ3) is 5.15. The smallest absolute Gasteiger partial charge is 0.175 e. The number of hydrogen-bond donors (Lipinski definition) is 1. The summed E-state index contributed by atoms with van der Waals surface area (Å²) in [5.41, 5.74) is 2.34. The van der Waals surface area contributed by atoms with Crippen LogP contribution in [0.2, 0.25) is 0 Å². The van der Waals surface area contributed by atoms with Gasteiger partial charge in [-0.1, -0.05) is 17.7 Å². The average Bonchev–Trinajstić information content (AvgIpc) is 2.54. The average molecular weight is 380 g/mol. The number of hydrogen-bond acceptors (Lipinski definition) is 4. The molecular weight excluding hydrogens is 358 g/mol. The molecule has 2 aromatic carbocycles. The summed E-state index contributed by atoms with van der Waals surface area (Å²) in [5, 5.41) is 3.12. The van der Waals surface area contributed by atoms with Crippen LogP contribution in [-0.2, 0) is 6.54 Å². The molecule has 0 aliphatic rings. The van der Waals surface area contributed by atoms with E-state index in [1.807, 2.05) is 43.4 Å². The molecule has 2 rings (SSSR count). The zero-order valence-corrected chi connectivity index (χ0v) is 15.3. The number of benzene rings is 2. The quantitative estimate of drug-likeness (QED) is 0.705. The molecule has 0 aliphatic carbocycles. The van der Waals surface area contributed by atoms with Crippen LogP contribution in [0.15, 0.2) is 40.9 Å². The molecule has 0 unspecified atom stereocenters. The maximum absolute atomic E-state index is 5.82. The van der Waals surface area contributed by atoms with E-state index in [1.165, 1.54) is 5.56 Å². The van der Waals surface area contributed by atoms with E-state index in [-0.39, 0.29) is 0 Å². The van der Waals surface area contributed by atoms with Crippen LogP contribution in [0, 0.1) is 6.92 Å². The first-order valence-electron chi connectivity index (χ1n) is 7.47. The van der Waals surface area contributed by atoms with Gasteiger partial charge in [-0.25, -0.2) is 0 Å². The SMILES string of the molecule is CNCc1cc(Br)c(OCCOc2ccc(C)cc2)c(OC)c1. The second-order valence-corrected chi connectivity index (χ2v) is 6.00. The lowest BCUT2D eigenvalue weighted by molar-refractivity contribution is 0.210. The normalized spacial score (nSPS) is 10.4. The van der Waals surface area contributed by atoms with Crippen LogP contribution in [0.25, 0.3) is 0 Å². The van der Waals surface area contributed by atoms with E-state index in [4.69, 9.17) is 14.2 Å². The highest BCUT2D eigenvalue weighted by molar-refractivity contribution is 9.10. The fourth-order valence-electron chi connectivity index (χ4n) is 2.16. The number of ether oxygens (including phenoxy) is 3. The lowest BCUT2D eigenvalue weighted by atomic mass is 10.2. The lowest BCUT2D eigenvalue weighted by Crippen LogP contribution is -2.10. The molecule has 2 aromatic rings. The molecule has 0 aliphatic heterocycles. The predicted molar refractivity (Wildman–Crippen MR) is 95.6 cm³/mol. The second kappa shape index (κ2) is 8.79. The van der Waals surface area contributed by atoms with Crippen molar-refractivity contribution in [2.24, 2.45) is 0 Å². The number of aryl methyl sites for hydroxylation is 1. The molecule has 1 N–H and O–H groups in total. The predicted octanol–water partition coefficient (Wildman–Crippen LogP) is 3.94. The van der Waals surface area contributed by atoms with E-state index in [1.54, 1.807) is 7.11 Å². The number of nitrogens with one attached hydrogen (secondary N) is 1. The van der Waals surface area contributed by atoms with Crippen molar-refractivity contribution in [3.05, 3.63) is 52.0 Å². The summed E-state index contributed by atoms with van der Waals surface area (Å²) in [6.45, 7) is 3.73. The molecular formula is C18H22BrNO3. The zero-order valence-electron chi connectivity index (χ0n) is 13.7. The first-order valence-corrected chi connectivity index (χ1v) is 8.26. The first kappa shape index (κ1) is 17.6. The van der Waals surface area contributed by atoms with Gasteiger partial charge in [0.2, 0.25) is 0 Å². The van der Waals surface area contributed by atoms with Gasteiger partial charge in [-0.15, -0.1) is 0 Å². The lowest BCUT2D eigenvalue weighted by Gasteiger charge is -2.15. The summed E-state index contributed by atoms with van der Waals surface area (Å²) in [4.78, 5) is 0.